The van der Waals surface area contributed by atoms with Crippen LogP contribution in [0.15, 0.2) is 24.3 Å². The first-order valence-electron chi connectivity index (χ1n) is 5.49. The van der Waals surface area contributed by atoms with Gasteiger partial charge in [0, 0.05) is 6.42 Å². The predicted molar refractivity (Wildman–Crippen MR) is 61.5 cm³/mol. The third kappa shape index (κ3) is 7.06. The summed E-state index contributed by atoms with van der Waals surface area (Å²) in [5.74, 6) is 0. The van der Waals surface area contributed by atoms with Crippen LogP contribution in [0.25, 0.3) is 0 Å². The van der Waals surface area contributed by atoms with E-state index in [0.29, 0.717) is 0 Å². The maximum absolute atomic E-state index is 12.0. The van der Waals surface area contributed by atoms with E-state index in [1.165, 1.54) is 6.42 Å². The molecule has 0 heterocycles. The van der Waals surface area contributed by atoms with Gasteiger partial charge >= 0.3 is 0 Å². The van der Waals surface area contributed by atoms with Gasteiger partial charge in [-0.05, 0) is 17.5 Å². The van der Waals surface area contributed by atoms with Crippen molar-refractivity contribution in [2.75, 3.05) is 0 Å². The molecule has 1 aromatic rings. The normalized spacial score (nSPS) is 9.73. The van der Waals surface area contributed by atoms with Gasteiger partial charge in [-0.25, -0.2) is 8.78 Å². The van der Waals surface area contributed by atoms with Crippen LogP contribution in [0.4, 0.5) is 8.78 Å². The zero-order valence-electron chi connectivity index (χ0n) is 9.76. The first-order chi connectivity index (χ1) is 7.13. The van der Waals surface area contributed by atoms with Crippen molar-refractivity contribution >= 4 is 0 Å². The first kappa shape index (κ1) is 14.1. The van der Waals surface area contributed by atoms with Crippen LogP contribution in [-0.2, 0) is 12.8 Å². The van der Waals surface area contributed by atoms with Crippen molar-refractivity contribution in [3.8, 4) is 0 Å². The number of benzene rings is 1. The summed E-state index contributed by atoms with van der Waals surface area (Å²) in [5.41, 5.74) is 1.84. The number of hydrogen-bond donors (Lipinski definition) is 0. The summed E-state index contributed by atoms with van der Waals surface area (Å²) in [6.07, 6.45) is -0.220. The smallest absolute Gasteiger partial charge is 0.210 e. The number of halogens is 2. The van der Waals surface area contributed by atoms with Gasteiger partial charge in [0.2, 0.25) is 6.43 Å². The van der Waals surface area contributed by atoms with Crippen LogP contribution in [0.3, 0.4) is 0 Å². The monoisotopic (exact) mass is 214 g/mol. The van der Waals surface area contributed by atoms with Crippen molar-refractivity contribution in [3.63, 3.8) is 0 Å². The van der Waals surface area contributed by atoms with Crippen molar-refractivity contribution in [2.45, 2.75) is 46.5 Å². The fraction of sp³-hybridized carbons (Fsp3) is 0.538. The predicted octanol–water partition coefficient (Wildman–Crippen LogP) is 4.47. The lowest BCUT2D eigenvalue weighted by atomic mass is 10.1. The van der Waals surface area contributed by atoms with Gasteiger partial charge in [-0.1, -0.05) is 51.5 Å². The molecule has 0 nitrogen and oxygen atoms in total. The van der Waals surface area contributed by atoms with E-state index in [-0.39, 0.29) is 6.42 Å². The average Bonchev–Trinajstić information content (AvgIpc) is 2.18. The zero-order chi connectivity index (χ0) is 11.7. The van der Waals surface area contributed by atoms with Gasteiger partial charge in [-0.15, -0.1) is 0 Å². The van der Waals surface area contributed by atoms with Crippen molar-refractivity contribution in [2.24, 2.45) is 0 Å². The van der Waals surface area contributed by atoms with Gasteiger partial charge in [0.05, 0.1) is 0 Å². The lowest BCUT2D eigenvalue weighted by Crippen LogP contribution is -1.96. The Hall–Kier alpha value is -0.920. The molecular formula is C13H20F2. The fourth-order valence-corrected chi connectivity index (χ4v) is 1.15. The minimum atomic E-state index is -2.24. The second-order valence-corrected chi connectivity index (χ2v) is 3.48. The van der Waals surface area contributed by atoms with Crippen LogP contribution in [0.1, 0.15) is 38.3 Å². The minimum absolute atomic E-state index is 0.131. The molecule has 0 saturated heterocycles. The van der Waals surface area contributed by atoms with Crippen LogP contribution in [0.2, 0.25) is 0 Å². The Labute approximate surface area is 91.3 Å². The molecule has 0 amide bonds. The molecule has 1 rings (SSSR count). The molecule has 0 aromatic heterocycles. The molecule has 0 spiro atoms. The molecule has 0 aliphatic carbocycles. The Balaban J connectivity index is 0.000000583. The Kier molecular flexibility index (Phi) is 7.88. The van der Waals surface area contributed by atoms with Crippen LogP contribution >= 0.6 is 0 Å². The van der Waals surface area contributed by atoms with E-state index in [2.05, 4.69) is 13.8 Å². The molecule has 0 bridgehead atoms. The number of alkyl halides is 2. The van der Waals surface area contributed by atoms with Gasteiger partial charge in [0.15, 0.2) is 0 Å². The maximum atomic E-state index is 12.0. The molecule has 2 heteroatoms. The second-order valence-electron chi connectivity index (χ2n) is 3.48. The highest BCUT2D eigenvalue weighted by molar-refractivity contribution is 5.23. The van der Waals surface area contributed by atoms with Gasteiger partial charge in [0.25, 0.3) is 0 Å². The second kappa shape index (κ2) is 8.39. The van der Waals surface area contributed by atoms with E-state index in [1.54, 1.807) is 6.07 Å². The Morgan fingerprint density at radius 1 is 1.07 bits per heavy atom. The Bertz CT molecular complexity index is 256. The van der Waals surface area contributed by atoms with E-state index < -0.39 is 6.43 Å². The molecule has 0 atom stereocenters. The van der Waals surface area contributed by atoms with Crippen molar-refractivity contribution in [1.29, 1.82) is 0 Å². The summed E-state index contributed by atoms with van der Waals surface area (Å²) in [5, 5.41) is 0. The topological polar surface area (TPSA) is 0 Å². The molecule has 0 aliphatic heterocycles. The number of rotatable bonds is 3. The largest absolute Gasteiger partial charge is 0.242 e. The van der Waals surface area contributed by atoms with E-state index >= 15 is 0 Å². The molecule has 0 fully saturated rings. The lowest BCUT2D eigenvalue weighted by molar-refractivity contribution is 0.149. The number of hydrogen-bond acceptors (Lipinski definition) is 0. The molecule has 0 unspecified atom stereocenters. The standard InChI is InChI=1S/C10H12F2.C3H8/c1-2-8-4-3-5-9(6-8)7-10(11)12;1-3-2/h3-6,10H,2,7H2,1H3;3H2,1-2H3. The van der Waals surface area contributed by atoms with Crippen LogP contribution in [0, 0.1) is 0 Å². The highest BCUT2D eigenvalue weighted by Gasteiger charge is 2.03. The first-order valence-corrected chi connectivity index (χ1v) is 5.49. The highest BCUT2D eigenvalue weighted by Crippen LogP contribution is 2.10. The summed E-state index contributed by atoms with van der Waals surface area (Å²) in [4.78, 5) is 0. The fourth-order valence-electron chi connectivity index (χ4n) is 1.15. The Morgan fingerprint density at radius 2 is 1.60 bits per heavy atom. The van der Waals surface area contributed by atoms with Crippen LogP contribution in [0.5, 0.6) is 0 Å². The van der Waals surface area contributed by atoms with E-state index in [4.69, 9.17) is 0 Å². The van der Waals surface area contributed by atoms with Gasteiger partial charge in [-0.3, -0.25) is 0 Å². The van der Waals surface area contributed by atoms with Crippen LogP contribution in [-0.4, -0.2) is 6.43 Å². The Morgan fingerprint density at radius 3 is 2.07 bits per heavy atom. The molecule has 0 aliphatic rings. The van der Waals surface area contributed by atoms with E-state index in [9.17, 15) is 8.78 Å². The molecular weight excluding hydrogens is 194 g/mol. The zero-order valence-corrected chi connectivity index (χ0v) is 9.76. The number of aryl methyl sites for hydroxylation is 1. The van der Waals surface area contributed by atoms with E-state index in [0.717, 1.165) is 17.5 Å². The molecule has 0 saturated carbocycles. The average molecular weight is 214 g/mol. The minimum Gasteiger partial charge on any atom is -0.210 e. The van der Waals surface area contributed by atoms with Gasteiger partial charge < -0.3 is 0 Å². The van der Waals surface area contributed by atoms with Crippen molar-refractivity contribution in [1.82, 2.24) is 0 Å². The lowest BCUT2D eigenvalue weighted by Gasteiger charge is -2.02. The molecule has 86 valence electrons. The third-order valence-electron chi connectivity index (χ3n) is 1.79. The van der Waals surface area contributed by atoms with Crippen LogP contribution < -0.4 is 0 Å². The summed E-state index contributed by atoms with van der Waals surface area (Å²) >= 11 is 0. The summed E-state index contributed by atoms with van der Waals surface area (Å²) in [6, 6.07) is 7.36. The van der Waals surface area contributed by atoms with Gasteiger partial charge in [-0.2, -0.15) is 0 Å². The maximum Gasteiger partial charge on any atom is 0.242 e. The van der Waals surface area contributed by atoms with Crippen molar-refractivity contribution in [3.05, 3.63) is 35.4 Å². The SMILES string of the molecule is CCC.CCc1cccc(CC(F)F)c1. The van der Waals surface area contributed by atoms with Crippen molar-refractivity contribution < 1.29 is 8.78 Å². The van der Waals surface area contributed by atoms with E-state index in [1.807, 2.05) is 25.1 Å². The highest BCUT2D eigenvalue weighted by atomic mass is 19.3. The quantitative estimate of drug-likeness (QED) is 0.696. The molecule has 1 aromatic carbocycles. The molecule has 15 heavy (non-hydrogen) atoms. The molecule has 0 radical (unpaired) electrons. The third-order valence-corrected chi connectivity index (χ3v) is 1.79. The molecule has 0 N–H and O–H groups in total. The summed E-state index contributed by atoms with van der Waals surface area (Å²) in [6.45, 7) is 6.27. The summed E-state index contributed by atoms with van der Waals surface area (Å²) in [7, 11) is 0. The summed E-state index contributed by atoms with van der Waals surface area (Å²) < 4.78 is 23.9. The van der Waals surface area contributed by atoms with Gasteiger partial charge in [0.1, 0.15) is 0 Å².